The summed E-state index contributed by atoms with van der Waals surface area (Å²) in [6.45, 7) is 12.0. The number of hydrogen-bond donors (Lipinski definition) is 3. The maximum atomic E-state index is 5.60. The molecule has 1 aromatic heterocycles. The Labute approximate surface area is 224 Å². The molecule has 202 valence electrons. The van der Waals surface area contributed by atoms with Crippen LogP contribution in [0.15, 0.2) is 64.1 Å². The highest BCUT2D eigenvalue weighted by Gasteiger charge is 2.36. The van der Waals surface area contributed by atoms with Gasteiger partial charge in [0.25, 0.3) is 0 Å². The van der Waals surface area contributed by atoms with E-state index in [0.29, 0.717) is 13.2 Å². The zero-order valence-corrected chi connectivity index (χ0v) is 22.9. The topological polar surface area (TPSA) is 92.8 Å². The van der Waals surface area contributed by atoms with Crippen LogP contribution in [0.25, 0.3) is 11.0 Å². The summed E-state index contributed by atoms with van der Waals surface area (Å²) in [5.74, 6) is 3.69. The van der Waals surface area contributed by atoms with Crippen LogP contribution < -0.4 is 10.6 Å². The standard InChI is InChI=1S/C10H11N3.C10H12N2O2.C8H10O.C2H6/c1-6-12-9-3-2-8-7(4-5-11-8)10(9)13-6;1-6-11-7-2-3-8-10(9(7)12-6)14-5-4-13-8;1-2-4-8-6-9-5-7(8)3-1;1-2/h2-3,11H,4-5H2,1H3,(H,12,13);2-3,7,9H,4-5H2,1H3,(H,11,12);1,3H,2,4-6H2;1-2H3. The summed E-state index contributed by atoms with van der Waals surface area (Å²) in [6.07, 6.45) is 12.0. The molecule has 8 rings (SSSR count). The highest BCUT2D eigenvalue weighted by molar-refractivity contribution is 5.85. The quantitative estimate of drug-likeness (QED) is 0.450. The molecule has 0 saturated carbocycles. The van der Waals surface area contributed by atoms with Crippen LogP contribution in [-0.2, 0) is 20.6 Å². The monoisotopic (exact) mass is 517 g/mol. The minimum Gasteiger partial charge on any atom is -0.488 e. The Balaban J connectivity index is 0.000000115. The second kappa shape index (κ2) is 11.9. The van der Waals surface area contributed by atoms with Crippen LogP contribution in [0.1, 0.15) is 45.0 Å². The lowest BCUT2D eigenvalue weighted by atomic mass is 10.0. The van der Waals surface area contributed by atoms with Crippen LogP contribution in [0.4, 0.5) is 5.69 Å². The number of nitrogens with zero attached hydrogens (tertiary/aromatic N) is 2. The average molecular weight is 518 g/mol. The molecule has 5 heterocycles. The number of anilines is 1. The number of aryl methyl sites for hydroxylation is 1. The summed E-state index contributed by atoms with van der Waals surface area (Å²) in [5.41, 5.74) is 7.86. The molecule has 6 aliphatic rings. The molecule has 0 spiro atoms. The molecule has 2 aliphatic carbocycles. The van der Waals surface area contributed by atoms with E-state index in [-0.39, 0.29) is 12.1 Å². The maximum Gasteiger partial charge on any atom is 0.165 e. The summed E-state index contributed by atoms with van der Waals surface area (Å²) in [5, 5.41) is 6.63. The molecule has 2 aromatic rings. The number of rotatable bonds is 0. The van der Waals surface area contributed by atoms with Crippen LogP contribution in [0.5, 0.6) is 0 Å². The molecule has 0 saturated heterocycles. The van der Waals surface area contributed by atoms with Crippen molar-refractivity contribution in [1.82, 2.24) is 15.3 Å². The van der Waals surface area contributed by atoms with Crippen LogP contribution in [0.3, 0.4) is 0 Å². The molecule has 2 unspecified atom stereocenters. The number of fused-ring (bicyclic) bond motifs is 5. The number of benzene rings is 1. The molecular formula is C30H39N5O3. The highest BCUT2D eigenvalue weighted by atomic mass is 16.6. The number of aromatic amines is 1. The molecule has 0 amide bonds. The Kier molecular flexibility index (Phi) is 8.17. The van der Waals surface area contributed by atoms with Gasteiger partial charge in [0, 0.05) is 17.8 Å². The Hall–Kier alpha value is -3.52. The number of aromatic nitrogens is 2. The molecule has 1 aromatic carbocycles. The van der Waals surface area contributed by atoms with E-state index >= 15 is 0 Å². The van der Waals surface area contributed by atoms with Gasteiger partial charge in [-0.3, -0.25) is 4.99 Å². The summed E-state index contributed by atoms with van der Waals surface area (Å²) in [4.78, 5) is 12.2. The Morgan fingerprint density at radius 1 is 1.00 bits per heavy atom. The van der Waals surface area contributed by atoms with Gasteiger partial charge in [0.1, 0.15) is 25.1 Å². The summed E-state index contributed by atoms with van der Waals surface area (Å²) >= 11 is 0. The van der Waals surface area contributed by atoms with Crippen molar-refractivity contribution in [3.63, 3.8) is 0 Å². The molecule has 0 bridgehead atoms. The average Bonchev–Trinajstić information content (AvgIpc) is 3.75. The second-order valence-electron chi connectivity index (χ2n) is 9.66. The van der Waals surface area contributed by atoms with Crippen molar-refractivity contribution in [2.45, 2.75) is 59.0 Å². The zero-order valence-electron chi connectivity index (χ0n) is 22.9. The minimum atomic E-state index is 0.0790. The SMILES string of the molecule is C1=CC2=C(CC1)COC2.CC.CC1=NC2C3=C(C=CC2N1)OCCO3.Cc1nc2c3c(ccc2[nH]1)NCC3. The lowest BCUT2D eigenvalue weighted by molar-refractivity contribution is 0.0577. The van der Waals surface area contributed by atoms with Gasteiger partial charge >= 0.3 is 0 Å². The number of H-pyrrole nitrogens is 1. The van der Waals surface area contributed by atoms with E-state index in [9.17, 15) is 0 Å². The maximum absolute atomic E-state index is 5.60. The van der Waals surface area contributed by atoms with E-state index in [0.717, 1.165) is 60.4 Å². The van der Waals surface area contributed by atoms with Gasteiger partial charge in [-0.2, -0.15) is 0 Å². The minimum absolute atomic E-state index is 0.0790. The number of imidazole rings is 1. The third-order valence-electron chi connectivity index (χ3n) is 7.10. The zero-order chi connectivity index (χ0) is 26.5. The summed E-state index contributed by atoms with van der Waals surface area (Å²) in [6, 6.07) is 4.54. The first-order valence-corrected chi connectivity index (χ1v) is 13.8. The first-order chi connectivity index (χ1) is 18.7. The first-order valence-electron chi connectivity index (χ1n) is 13.8. The lowest BCUT2D eigenvalue weighted by Gasteiger charge is -2.28. The van der Waals surface area contributed by atoms with Crippen molar-refractivity contribution in [1.29, 1.82) is 0 Å². The highest BCUT2D eigenvalue weighted by Crippen LogP contribution is 2.30. The van der Waals surface area contributed by atoms with E-state index in [4.69, 9.17) is 14.2 Å². The molecule has 0 fully saturated rings. The van der Waals surface area contributed by atoms with Gasteiger partial charge in [-0.25, -0.2) is 4.98 Å². The van der Waals surface area contributed by atoms with Crippen LogP contribution >= 0.6 is 0 Å². The van der Waals surface area contributed by atoms with Crippen LogP contribution in [0.2, 0.25) is 0 Å². The van der Waals surface area contributed by atoms with Crippen molar-refractivity contribution in [2.75, 3.05) is 38.3 Å². The van der Waals surface area contributed by atoms with E-state index in [2.05, 4.69) is 56.0 Å². The second-order valence-corrected chi connectivity index (χ2v) is 9.66. The molecule has 8 nitrogen and oxygen atoms in total. The van der Waals surface area contributed by atoms with Crippen molar-refractivity contribution in [3.05, 3.63) is 70.5 Å². The number of ether oxygens (including phenoxy) is 3. The third kappa shape index (κ3) is 5.50. The molecule has 8 heteroatoms. The van der Waals surface area contributed by atoms with Gasteiger partial charge in [0.05, 0.1) is 36.1 Å². The van der Waals surface area contributed by atoms with Crippen LogP contribution in [-0.4, -0.2) is 60.9 Å². The fourth-order valence-electron chi connectivity index (χ4n) is 5.38. The van der Waals surface area contributed by atoms with E-state index in [1.165, 1.54) is 35.2 Å². The smallest absolute Gasteiger partial charge is 0.165 e. The summed E-state index contributed by atoms with van der Waals surface area (Å²) in [7, 11) is 0. The molecular weight excluding hydrogens is 478 g/mol. The Bertz CT molecular complexity index is 1320. The van der Waals surface area contributed by atoms with Gasteiger partial charge in [0.15, 0.2) is 11.5 Å². The largest absolute Gasteiger partial charge is 0.488 e. The number of hydrogen-bond acceptors (Lipinski definition) is 7. The molecule has 2 atom stereocenters. The normalized spacial score (nSPS) is 23.4. The van der Waals surface area contributed by atoms with Gasteiger partial charge in [-0.15, -0.1) is 0 Å². The van der Waals surface area contributed by atoms with Crippen molar-refractivity contribution >= 4 is 22.6 Å². The number of amidine groups is 1. The lowest BCUT2D eigenvalue weighted by Crippen LogP contribution is -2.37. The van der Waals surface area contributed by atoms with E-state index in [1.54, 1.807) is 0 Å². The first kappa shape index (κ1) is 26.1. The van der Waals surface area contributed by atoms with E-state index in [1.807, 2.05) is 33.8 Å². The molecule has 0 radical (unpaired) electrons. The molecule has 38 heavy (non-hydrogen) atoms. The number of aliphatic imine (C=N–C) groups is 1. The van der Waals surface area contributed by atoms with Gasteiger partial charge in [-0.1, -0.05) is 32.1 Å². The van der Waals surface area contributed by atoms with Gasteiger partial charge in [0.2, 0.25) is 0 Å². The van der Waals surface area contributed by atoms with Gasteiger partial charge < -0.3 is 29.8 Å². The number of nitrogens with one attached hydrogen (secondary N) is 3. The molecule has 3 N–H and O–H groups in total. The molecule has 4 aliphatic heterocycles. The Morgan fingerprint density at radius 2 is 1.87 bits per heavy atom. The summed E-state index contributed by atoms with van der Waals surface area (Å²) < 4.78 is 16.4. The van der Waals surface area contributed by atoms with Crippen molar-refractivity contribution in [2.24, 2.45) is 4.99 Å². The van der Waals surface area contributed by atoms with Crippen molar-refractivity contribution < 1.29 is 14.2 Å². The van der Waals surface area contributed by atoms with E-state index < -0.39 is 0 Å². The predicted molar refractivity (Wildman–Crippen MR) is 152 cm³/mol. The fraction of sp³-hybridized carbons (Fsp3) is 0.467. The third-order valence-corrected chi connectivity index (χ3v) is 7.10. The number of allylic oxidation sites excluding steroid dienone is 2. The predicted octanol–water partition coefficient (Wildman–Crippen LogP) is 5.10. The fourth-order valence-corrected chi connectivity index (χ4v) is 5.38. The van der Waals surface area contributed by atoms with Gasteiger partial charge in [-0.05, 0) is 62.5 Å². The Morgan fingerprint density at radius 3 is 2.74 bits per heavy atom. The van der Waals surface area contributed by atoms with Crippen molar-refractivity contribution in [3.8, 4) is 0 Å². The van der Waals surface area contributed by atoms with Crippen LogP contribution in [0, 0.1) is 6.92 Å².